The first-order valence-corrected chi connectivity index (χ1v) is 11.0. The maximum absolute atomic E-state index is 13.5. The number of hydrogen-bond donors (Lipinski definition) is 0. The van der Waals surface area contributed by atoms with Crippen molar-refractivity contribution in [1.82, 2.24) is 4.57 Å². The molecule has 0 fully saturated rings. The molecule has 4 aromatic rings. The molecule has 0 radical (unpaired) electrons. The molecule has 0 aliphatic rings. The third kappa shape index (κ3) is 4.22. The van der Waals surface area contributed by atoms with Gasteiger partial charge in [0.2, 0.25) is 0 Å². The number of allylic oxidation sites excluding steroid dienone is 1. The summed E-state index contributed by atoms with van der Waals surface area (Å²) < 4.78 is 13.8. The Morgan fingerprint density at radius 3 is 2.09 bits per heavy atom. The maximum atomic E-state index is 13.5. The number of hydrogen-bond acceptors (Lipinski definition) is 4. The summed E-state index contributed by atoms with van der Waals surface area (Å²) in [7, 11) is 3.21. The van der Waals surface area contributed by atoms with Gasteiger partial charge >= 0.3 is 0 Å². The Bertz CT molecular complexity index is 1270. The number of carbonyl (C=O) groups is 1. The van der Waals surface area contributed by atoms with Crippen molar-refractivity contribution in [3.8, 4) is 11.5 Å². The molecular weight excluding hydrogens is 420 g/mol. The normalized spacial score (nSPS) is 11.7. The van der Waals surface area contributed by atoms with Crippen LogP contribution in [0.2, 0.25) is 0 Å². The van der Waals surface area contributed by atoms with Gasteiger partial charge in [-0.05, 0) is 11.1 Å². The lowest BCUT2D eigenvalue weighted by Crippen LogP contribution is -2.20. The zero-order valence-electron chi connectivity index (χ0n) is 18.0. The van der Waals surface area contributed by atoms with E-state index in [9.17, 15) is 4.79 Å². The highest BCUT2D eigenvalue weighted by Crippen LogP contribution is 2.33. The lowest BCUT2D eigenvalue weighted by atomic mass is 9.91. The van der Waals surface area contributed by atoms with Gasteiger partial charge in [-0.3, -0.25) is 4.79 Å². The number of amides is 1. The van der Waals surface area contributed by atoms with Crippen molar-refractivity contribution >= 4 is 27.5 Å². The molecular formula is C26H24N2O3S. The Kier molecular flexibility index (Phi) is 6.52. The number of benzene rings is 3. The predicted molar refractivity (Wildman–Crippen MR) is 128 cm³/mol. The van der Waals surface area contributed by atoms with Crippen LogP contribution < -0.4 is 14.3 Å². The molecule has 0 saturated heterocycles. The van der Waals surface area contributed by atoms with Crippen LogP contribution in [0.1, 0.15) is 17.0 Å². The minimum atomic E-state index is -0.483. The second-order valence-electron chi connectivity index (χ2n) is 7.16. The van der Waals surface area contributed by atoms with E-state index >= 15 is 0 Å². The van der Waals surface area contributed by atoms with Crippen LogP contribution in [0.3, 0.4) is 0 Å². The van der Waals surface area contributed by atoms with Crippen LogP contribution >= 0.6 is 11.3 Å². The molecule has 1 heterocycles. The van der Waals surface area contributed by atoms with Crippen LogP contribution in [0.5, 0.6) is 11.5 Å². The molecule has 1 amide bonds. The van der Waals surface area contributed by atoms with Gasteiger partial charge in [-0.2, -0.15) is 4.99 Å². The van der Waals surface area contributed by atoms with Crippen molar-refractivity contribution in [1.29, 1.82) is 0 Å². The molecule has 0 aliphatic heterocycles. The van der Waals surface area contributed by atoms with Crippen molar-refractivity contribution in [2.24, 2.45) is 4.99 Å². The molecule has 0 saturated carbocycles. The first-order chi connectivity index (χ1) is 15.7. The van der Waals surface area contributed by atoms with Crippen LogP contribution in [0, 0.1) is 0 Å². The van der Waals surface area contributed by atoms with Gasteiger partial charge in [0.05, 0.1) is 30.4 Å². The van der Waals surface area contributed by atoms with Crippen molar-refractivity contribution in [3.05, 3.63) is 101 Å². The van der Waals surface area contributed by atoms with E-state index in [0.717, 1.165) is 21.3 Å². The van der Waals surface area contributed by atoms with E-state index in [2.05, 4.69) is 11.6 Å². The summed E-state index contributed by atoms with van der Waals surface area (Å²) >= 11 is 1.44. The highest BCUT2D eigenvalue weighted by molar-refractivity contribution is 7.16. The fraction of sp³-hybridized carbons (Fsp3) is 0.154. The van der Waals surface area contributed by atoms with Gasteiger partial charge < -0.3 is 14.0 Å². The topological polar surface area (TPSA) is 52.8 Å². The van der Waals surface area contributed by atoms with Crippen LogP contribution in [0.25, 0.3) is 10.2 Å². The molecule has 162 valence electrons. The Morgan fingerprint density at radius 1 is 1.00 bits per heavy atom. The first-order valence-electron chi connectivity index (χ1n) is 10.2. The van der Waals surface area contributed by atoms with E-state index in [4.69, 9.17) is 9.47 Å². The molecule has 6 heteroatoms. The Labute approximate surface area is 190 Å². The number of ether oxygens (including phenoxy) is 2. The summed E-state index contributed by atoms with van der Waals surface area (Å²) in [6.45, 7) is 4.39. The second-order valence-corrected chi connectivity index (χ2v) is 8.17. The number of nitrogens with zero attached hydrogens (tertiary/aromatic N) is 2. The molecule has 0 bridgehead atoms. The Balaban J connectivity index is 1.88. The summed E-state index contributed by atoms with van der Waals surface area (Å²) in [4.78, 5) is 18.7. The highest BCUT2D eigenvalue weighted by atomic mass is 32.1. The monoisotopic (exact) mass is 444 g/mol. The molecule has 32 heavy (non-hydrogen) atoms. The number of methoxy groups -OCH3 is 2. The van der Waals surface area contributed by atoms with Gasteiger partial charge in [0.25, 0.3) is 5.91 Å². The molecule has 5 nitrogen and oxygen atoms in total. The molecule has 0 spiro atoms. The average molecular weight is 445 g/mol. The minimum Gasteiger partial charge on any atom is -0.493 e. The van der Waals surface area contributed by atoms with Gasteiger partial charge in [-0.15, -0.1) is 6.58 Å². The Hall–Kier alpha value is -3.64. The summed E-state index contributed by atoms with van der Waals surface area (Å²) in [5, 5.41) is 0. The zero-order valence-corrected chi connectivity index (χ0v) is 18.8. The van der Waals surface area contributed by atoms with Crippen molar-refractivity contribution < 1.29 is 14.3 Å². The van der Waals surface area contributed by atoms with E-state index in [1.165, 1.54) is 11.3 Å². The first kappa shape index (κ1) is 21.6. The molecule has 0 unspecified atom stereocenters. The summed E-state index contributed by atoms with van der Waals surface area (Å²) in [6.07, 6.45) is 1.79. The van der Waals surface area contributed by atoms with Gasteiger partial charge in [0.1, 0.15) is 0 Å². The van der Waals surface area contributed by atoms with Crippen LogP contribution in [0.15, 0.2) is 90.4 Å². The van der Waals surface area contributed by atoms with Crippen molar-refractivity contribution in [2.75, 3.05) is 14.2 Å². The third-order valence-corrected chi connectivity index (χ3v) is 6.26. The SMILES string of the molecule is C=CCn1c(=NC(=O)C(c2ccccc2)c2ccccc2)sc2cc(OC)c(OC)cc21. The minimum absolute atomic E-state index is 0.217. The fourth-order valence-electron chi connectivity index (χ4n) is 3.71. The van der Waals surface area contributed by atoms with Crippen LogP contribution in [0.4, 0.5) is 0 Å². The second kappa shape index (κ2) is 9.66. The zero-order chi connectivity index (χ0) is 22.5. The number of aromatic nitrogens is 1. The van der Waals surface area contributed by atoms with E-state index in [1.807, 2.05) is 77.4 Å². The van der Waals surface area contributed by atoms with Crippen molar-refractivity contribution in [3.63, 3.8) is 0 Å². The molecule has 0 N–H and O–H groups in total. The number of thiazole rings is 1. The average Bonchev–Trinajstić information content (AvgIpc) is 3.15. The maximum Gasteiger partial charge on any atom is 0.260 e. The Morgan fingerprint density at radius 2 is 1.56 bits per heavy atom. The summed E-state index contributed by atoms with van der Waals surface area (Å²) in [5.41, 5.74) is 2.73. The lowest BCUT2D eigenvalue weighted by Gasteiger charge is -2.14. The van der Waals surface area contributed by atoms with Gasteiger partial charge in [0.15, 0.2) is 16.3 Å². The summed E-state index contributed by atoms with van der Waals surface area (Å²) in [6, 6.07) is 23.3. The smallest absolute Gasteiger partial charge is 0.260 e. The van der Waals surface area contributed by atoms with E-state index in [0.29, 0.717) is 22.8 Å². The largest absolute Gasteiger partial charge is 0.493 e. The van der Waals surface area contributed by atoms with E-state index < -0.39 is 5.92 Å². The molecule has 3 aromatic carbocycles. The predicted octanol–water partition coefficient (Wildman–Crippen LogP) is 5.17. The number of fused-ring (bicyclic) bond motifs is 1. The lowest BCUT2D eigenvalue weighted by molar-refractivity contribution is -0.118. The van der Waals surface area contributed by atoms with Crippen LogP contribution in [-0.4, -0.2) is 24.7 Å². The van der Waals surface area contributed by atoms with E-state index in [1.54, 1.807) is 20.3 Å². The van der Waals surface area contributed by atoms with Crippen molar-refractivity contribution in [2.45, 2.75) is 12.5 Å². The molecule has 1 aromatic heterocycles. The molecule has 4 rings (SSSR count). The van der Waals surface area contributed by atoms with Gasteiger partial charge in [-0.25, -0.2) is 0 Å². The quantitative estimate of drug-likeness (QED) is 0.370. The summed E-state index contributed by atoms with van der Waals surface area (Å²) in [5.74, 6) is 0.561. The van der Waals surface area contributed by atoms with E-state index in [-0.39, 0.29) is 5.91 Å². The van der Waals surface area contributed by atoms with Gasteiger partial charge in [0, 0.05) is 18.7 Å². The number of rotatable bonds is 7. The number of carbonyl (C=O) groups excluding carboxylic acids is 1. The van der Waals surface area contributed by atoms with Gasteiger partial charge in [-0.1, -0.05) is 78.1 Å². The van der Waals surface area contributed by atoms with Crippen LogP contribution in [-0.2, 0) is 11.3 Å². The fourth-order valence-corrected chi connectivity index (χ4v) is 4.77. The molecule has 0 atom stereocenters. The third-order valence-electron chi connectivity index (χ3n) is 5.22. The highest BCUT2D eigenvalue weighted by Gasteiger charge is 2.23. The molecule has 0 aliphatic carbocycles. The standard InChI is InChI=1S/C26H24N2O3S/c1-4-15-28-20-16-21(30-2)22(31-3)17-23(20)32-26(28)27-25(29)24(18-11-7-5-8-12-18)19-13-9-6-10-14-19/h4-14,16-17,24H,1,15H2,2-3H3.